The minimum atomic E-state index is -0.905. The Morgan fingerprint density at radius 2 is 1.72 bits per heavy atom. The monoisotopic (exact) mass is 242 g/mol. The Bertz CT molecular complexity index is 561. The second-order valence-electron chi connectivity index (χ2n) is 4.17. The van der Waals surface area contributed by atoms with Gasteiger partial charge in [0.1, 0.15) is 5.75 Å². The summed E-state index contributed by atoms with van der Waals surface area (Å²) in [6.45, 7) is 1.61. The van der Waals surface area contributed by atoms with Gasteiger partial charge in [-0.1, -0.05) is 42.5 Å². The number of phenolic OH excluding ortho intramolecular Hbond substituents is 1. The molecule has 2 N–H and O–H groups in total. The Hall–Kier alpha value is -2.29. The van der Waals surface area contributed by atoms with Crippen LogP contribution >= 0.6 is 0 Å². The number of hydrogen-bond donors (Lipinski definition) is 2. The Labute approximate surface area is 105 Å². The van der Waals surface area contributed by atoms with Crippen molar-refractivity contribution in [3.63, 3.8) is 0 Å². The minimum Gasteiger partial charge on any atom is -0.507 e. The summed E-state index contributed by atoms with van der Waals surface area (Å²) in [5.41, 5.74) is 2.03. The Morgan fingerprint density at radius 1 is 1.06 bits per heavy atom. The lowest BCUT2D eigenvalue weighted by Gasteiger charge is -2.14. The summed E-state index contributed by atoms with van der Waals surface area (Å²) < 4.78 is 0. The Morgan fingerprint density at radius 3 is 2.33 bits per heavy atom. The number of aliphatic carboxylic acids is 1. The first-order chi connectivity index (χ1) is 8.61. The van der Waals surface area contributed by atoms with Crippen LogP contribution in [0.2, 0.25) is 0 Å². The van der Waals surface area contributed by atoms with Crippen molar-refractivity contribution in [2.45, 2.75) is 12.8 Å². The predicted molar refractivity (Wildman–Crippen MR) is 69.6 cm³/mol. The van der Waals surface area contributed by atoms with Gasteiger partial charge in [0.25, 0.3) is 0 Å². The highest BCUT2D eigenvalue weighted by Crippen LogP contribution is 2.36. The molecule has 2 rings (SSSR count). The standard InChI is InChI=1S/C15H14O3/c1-10(15(17)18)12-8-5-9-13(16)14(12)11-6-3-2-4-7-11/h2-10,16H,1H3,(H,17,18). The number of phenols is 1. The van der Waals surface area contributed by atoms with Crippen LogP contribution in [0.3, 0.4) is 0 Å². The molecule has 0 spiro atoms. The number of hydrogen-bond acceptors (Lipinski definition) is 2. The van der Waals surface area contributed by atoms with Gasteiger partial charge >= 0.3 is 5.97 Å². The lowest BCUT2D eigenvalue weighted by molar-refractivity contribution is -0.138. The van der Waals surface area contributed by atoms with Crippen molar-refractivity contribution in [1.29, 1.82) is 0 Å². The van der Waals surface area contributed by atoms with Crippen molar-refractivity contribution in [3.05, 3.63) is 54.1 Å². The quantitative estimate of drug-likeness (QED) is 0.868. The molecule has 92 valence electrons. The van der Waals surface area contributed by atoms with E-state index in [1.165, 1.54) is 0 Å². The van der Waals surface area contributed by atoms with E-state index in [1.807, 2.05) is 30.3 Å². The molecule has 0 fully saturated rings. The Kier molecular flexibility index (Phi) is 3.33. The molecule has 18 heavy (non-hydrogen) atoms. The fourth-order valence-corrected chi connectivity index (χ4v) is 1.97. The molecule has 0 radical (unpaired) electrons. The van der Waals surface area contributed by atoms with Crippen LogP contribution in [0, 0.1) is 0 Å². The van der Waals surface area contributed by atoms with E-state index >= 15 is 0 Å². The molecular formula is C15H14O3. The summed E-state index contributed by atoms with van der Waals surface area (Å²) in [7, 11) is 0. The van der Waals surface area contributed by atoms with E-state index in [9.17, 15) is 9.90 Å². The summed E-state index contributed by atoms with van der Waals surface area (Å²) in [5, 5.41) is 19.1. The van der Waals surface area contributed by atoms with Crippen LogP contribution in [-0.4, -0.2) is 16.2 Å². The molecule has 0 saturated carbocycles. The lowest BCUT2D eigenvalue weighted by Crippen LogP contribution is -2.08. The van der Waals surface area contributed by atoms with Gasteiger partial charge in [0, 0.05) is 5.56 Å². The molecule has 0 aliphatic rings. The molecule has 3 heteroatoms. The average Bonchev–Trinajstić information content (AvgIpc) is 2.38. The first-order valence-corrected chi connectivity index (χ1v) is 5.71. The number of rotatable bonds is 3. The maximum absolute atomic E-state index is 11.1. The van der Waals surface area contributed by atoms with Crippen LogP contribution in [-0.2, 0) is 4.79 Å². The van der Waals surface area contributed by atoms with Gasteiger partial charge in [-0.15, -0.1) is 0 Å². The van der Waals surface area contributed by atoms with Gasteiger partial charge in [0.05, 0.1) is 5.92 Å². The molecule has 2 aromatic rings. The van der Waals surface area contributed by atoms with Crippen LogP contribution in [0.15, 0.2) is 48.5 Å². The van der Waals surface area contributed by atoms with Crippen LogP contribution in [0.4, 0.5) is 0 Å². The van der Waals surface area contributed by atoms with E-state index in [2.05, 4.69) is 0 Å². The van der Waals surface area contributed by atoms with Gasteiger partial charge in [0.15, 0.2) is 0 Å². The number of carboxylic acid groups (broad SMARTS) is 1. The van der Waals surface area contributed by atoms with Gasteiger partial charge in [-0.3, -0.25) is 4.79 Å². The molecule has 0 amide bonds. The zero-order valence-corrected chi connectivity index (χ0v) is 10.00. The first kappa shape index (κ1) is 12.2. The number of benzene rings is 2. The normalized spacial score (nSPS) is 12.1. The van der Waals surface area contributed by atoms with Crippen LogP contribution < -0.4 is 0 Å². The lowest BCUT2D eigenvalue weighted by atomic mass is 9.91. The zero-order chi connectivity index (χ0) is 13.1. The van der Waals surface area contributed by atoms with E-state index in [4.69, 9.17) is 5.11 Å². The maximum atomic E-state index is 11.1. The van der Waals surface area contributed by atoms with E-state index in [1.54, 1.807) is 25.1 Å². The van der Waals surface area contributed by atoms with E-state index in [0.29, 0.717) is 11.1 Å². The predicted octanol–water partition coefficient (Wildman–Crippen LogP) is 3.25. The highest BCUT2D eigenvalue weighted by Gasteiger charge is 2.20. The molecule has 0 saturated heterocycles. The van der Waals surface area contributed by atoms with Gasteiger partial charge in [-0.05, 0) is 24.1 Å². The molecule has 2 aromatic carbocycles. The second-order valence-corrected chi connectivity index (χ2v) is 4.17. The fourth-order valence-electron chi connectivity index (χ4n) is 1.97. The van der Waals surface area contributed by atoms with Crippen molar-refractivity contribution in [2.24, 2.45) is 0 Å². The van der Waals surface area contributed by atoms with Crippen molar-refractivity contribution < 1.29 is 15.0 Å². The number of carboxylic acids is 1. The Balaban J connectivity index is 2.62. The third-order valence-electron chi connectivity index (χ3n) is 2.97. The highest BCUT2D eigenvalue weighted by molar-refractivity contribution is 5.83. The molecule has 1 atom stereocenters. The minimum absolute atomic E-state index is 0.104. The number of carbonyl (C=O) groups is 1. The van der Waals surface area contributed by atoms with Gasteiger partial charge in [-0.2, -0.15) is 0 Å². The van der Waals surface area contributed by atoms with Gasteiger partial charge in [0.2, 0.25) is 0 Å². The molecule has 0 aromatic heterocycles. The smallest absolute Gasteiger partial charge is 0.310 e. The molecular weight excluding hydrogens is 228 g/mol. The van der Waals surface area contributed by atoms with E-state index < -0.39 is 11.9 Å². The van der Waals surface area contributed by atoms with Crippen LogP contribution in [0.5, 0.6) is 5.75 Å². The van der Waals surface area contributed by atoms with Crippen molar-refractivity contribution in [2.75, 3.05) is 0 Å². The zero-order valence-electron chi connectivity index (χ0n) is 10.00. The maximum Gasteiger partial charge on any atom is 0.310 e. The van der Waals surface area contributed by atoms with Gasteiger partial charge in [-0.25, -0.2) is 0 Å². The third-order valence-corrected chi connectivity index (χ3v) is 2.97. The molecule has 0 aliphatic heterocycles. The first-order valence-electron chi connectivity index (χ1n) is 5.71. The summed E-state index contributed by atoms with van der Waals surface area (Å²) in [5.74, 6) is -1.46. The molecule has 0 heterocycles. The van der Waals surface area contributed by atoms with E-state index in [0.717, 1.165) is 5.56 Å². The molecule has 0 bridgehead atoms. The fraction of sp³-hybridized carbons (Fsp3) is 0.133. The molecule has 0 aliphatic carbocycles. The van der Waals surface area contributed by atoms with Crippen molar-refractivity contribution in [1.82, 2.24) is 0 Å². The average molecular weight is 242 g/mol. The van der Waals surface area contributed by atoms with Gasteiger partial charge < -0.3 is 10.2 Å². The summed E-state index contributed by atoms with van der Waals surface area (Å²) in [6.07, 6.45) is 0. The summed E-state index contributed by atoms with van der Waals surface area (Å²) in [4.78, 5) is 11.1. The van der Waals surface area contributed by atoms with Crippen LogP contribution in [0.25, 0.3) is 11.1 Å². The van der Waals surface area contributed by atoms with E-state index in [-0.39, 0.29) is 5.75 Å². The van der Waals surface area contributed by atoms with Crippen molar-refractivity contribution in [3.8, 4) is 16.9 Å². The summed E-state index contributed by atoms with van der Waals surface area (Å²) >= 11 is 0. The second kappa shape index (κ2) is 4.92. The third kappa shape index (κ3) is 2.20. The SMILES string of the molecule is CC(C(=O)O)c1cccc(O)c1-c1ccccc1. The topological polar surface area (TPSA) is 57.5 Å². The van der Waals surface area contributed by atoms with Crippen molar-refractivity contribution >= 4 is 5.97 Å². The van der Waals surface area contributed by atoms with Crippen LogP contribution in [0.1, 0.15) is 18.4 Å². The largest absolute Gasteiger partial charge is 0.507 e. The molecule has 1 unspecified atom stereocenters. The highest BCUT2D eigenvalue weighted by atomic mass is 16.4. The summed E-state index contributed by atoms with van der Waals surface area (Å²) in [6, 6.07) is 14.3. The number of aromatic hydroxyl groups is 1. The molecule has 3 nitrogen and oxygen atoms in total.